The molecule has 0 radical (unpaired) electrons. The van der Waals surface area contributed by atoms with E-state index in [9.17, 15) is 14.4 Å². The maximum absolute atomic E-state index is 10.3. The predicted molar refractivity (Wildman–Crippen MR) is 144 cm³/mol. The van der Waals surface area contributed by atoms with E-state index in [0.717, 1.165) is 36.1 Å². The first-order valence-electron chi connectivity index (χ1n) is 12.0. The van der Waals surface area contributed by atoms with Crippen LogP contribution < -0.4 is 0 Å². The van der Waals surface area contributed by atoms with E-state index in [1.165, 1.54) is 16.7 Å². The molecule has 12 nitrogen and oxygen atoms in total. The Morgan fingerprint density at radius 1 is 0.875 bits per heavy atom. The number of aliphatic carboxylic acids is 3. The number of nitrogens with zero attached hydrogens (tertiary/aromatic N) is 4. The third-order valence-electron chi connectivity index (χ3n) is 5.86. The van der Waals surface area contributed by atoms with Crippen molar-refractivity contribution in [1.82, 2.24) is 25.1 Å². The van der Waals surface area contributed by atoms with Crippen molar-refractivity contribution in [2.45, 2.75) is 45.0 Å². The fourth-order valence-electron chi connectivity index (χ4n) is 3.89. The summed E-state index contributed by atoms with van der Waals surface area (Å²) in [6.45, 7) is 4.47. The SMILES string of the molecule is Cc1ccc(CN(Cc2ccncc2)Cc2cncc3c(Cl)[nH]nc23)cc1.O=C(O)CC(O)(CC(=O)O)C(=O)O. The number of aromatic nitrogens is 4. The molecule has 0 saturated heterocycles. The molecule has 4 rings (SSSR count). The fourth-order valence-corrected chi connectivity index (χ4v) is 4.07. The molecule has 3 aromatic heterocycles. The Morgan fingerprint density at radius 3 is 2.00 bits per heavy atom. The van der Waals surface area contributed by atoms with Crippen molar-refractivity contribution >= 4 is 40.4 Å². The number of hydrogen-bond acceptors (Lipinski definition) is 8. The molecule has 0 unspecified atom stereocenters. The van der Waals surface area contributed by atoms with Gasteiger partial charge in [0.15, 0.2) is 5.60 Å². The van der Waals surface area contributed by atoms with Crippen molar-refractivity contribution in [2.75, 3.05) is 0 Å². The van der Waals surface area contributed by atoms with E-state index in [4.69, 9.17) is 32.0 Å². The van der Waals surface area contributed by atoms with Crippen molar-refractivity contribution in [2.24, 2.45) is 0 Å². The normalized spacial score (nSPS) is 11.2. The van der Waals surface area contributed by atoms with Gasteiger partial charge in [0.2, 0.25) is 0 Å². The number of carboxylic acid groups (broad SMARTS) is 3. The van der Waals surface area contributed by atoms with Crippen LogP contribution in [0.5, 0.6) is 0 Å². The Bertz CT molecular complexity index is 1450. The quantitative estimate of drug-likeness (QED) is 0.178. The number of aliphatic hydroxyl groups is 1. The van der Waals surface area contributed by atoms with E-state index in [1.807, 2.05) is 30.7 Å². The summed E-state index contributed by atoms with van der Waals surface area (Å²) < 4.78 is 0. The van der Waals surface area contributed by atoms with Gasteiger partial charge in [-0.2, -0.15) is 5.10 Å². The molecule has 0 aliphatic carbocycles. The Hall–Kier alpha value is -4.39. The Morgan fingerprint density at radius 2 is 1.45 bits per heavy atom. The monoisotopic (exact) mass is 569 g/mol. The zero-order chi connectivity index (χ0) is 29.3. The minimum atomic E-state index is -2.74. The van der Waals surface area contributed by atoms with Crippen molar-refractivity contribution in [3.63, 3.8) is 0 Å². The first kappa shape index (κ1) is 30.2. The van der Waals surface area contributed by atoms with Crippen LogP contribution in [0.4, 0.5) is 0 Å². The van der Waals surface area contributed by atoms with Crippen LogP contribution in [0, 0.1) is 6.92 Å². The number of aryl methyl sites for hydroxylation is 1. The lowest BCUT2D eigenvalue weighted by Crippen LogP contribution is -2.42. The van der Waals surface area contributed by atoms with E-state index in [1.54, 1.807) is 6.20 Å². The fraction of sp³-hybridized carbons (Fsp3) is 0.259. The van der Waals surface area contributed by atoms with Crippen LogP contribution in [0.2, 0.25) is 5.15 Å². The maximum atomic E-state index is 10.3. The van der Waals surface area contributed by atoms with Gasteiger partial charge in [-0.1, -0.05) is 41.4 Å². The minimum absolute atomic E-state index is 0.526. The molecule has 0 atom stereocenters. The minimum Gasteiger partial charge on any atom is -0.481 e. The number of aromatic amines is 1. The largest absolute Gasteiger partial charge is 0.481 e. The van der Waals surface area contributed by atoms with Crippen LogP contribution in [0.3, 0.4) is 0 Å². The number of rotatable bonds is 11. The van der Waals surface area contributed by atoms with Crippen LogP contribution in [0.25, 0.3) is 10.9 Å². The Kier molecular flexibility index (Phi) is 10.3. The van der Waals surface area contributed by atoms with Crippen LogP contribution in [0.1, 0.15) is 35.1 Å². The number of carboxylic acids is 3. The molecule has 13 heteroatoms. The average Bonchev–Trinajstić information content (AvgIpc) is 3.27. The number of benzene rings is 1. The van der Waals surface area contributed by atoms with Gasteiger partial charge in [-0.25, -0.2) is 4.79 Å². The number of nitrogens with one attached hydrogen (secondary N) is 1. The molecule has 210 valence electrons. The first-order valence-corrected chi connectivity index (χ1v) is 12.4. The zero-order valence-electron chi connectivity index (χ0n) is 21.5. The highest BCUT2D eigenvalue weighted by atomic mass is 35.5. The smallest absolute Gasteiger partial charge is 0.336 e. The van der Waals surface area contributed by atoms with Gasteiger partial charge in [-0.15, -0.1) is 0 Å². The van der Waals surface area contributed by atoms with Crippen LogP contribution in [-0.4, -0.2) is 69.0 Å². The van der Waals surface area contributed by atoms with Gasteiger partial charge in [0.05, 0.1) is 18.2 Å². The number of carbonyl (C=O) groups is 3. The second-order valence-corrected chi connectivity index (χ2v) is 9.57. The first-order chi connectivity index (χ1) is 19.0. The molecule has 40 heavy (non-hydrogen) atoms. The molecule has 0 saturated carbocycles. The molecular weight excluding hydrogens is 542 g/mol. The Balaban J connectivity index is 0.000000289. The van der Waals surface area contributed by atoms with Gasteiger partial charge >= 0.3 is 17.9 Å². The number of hydrogen-bond donors (Lipinski definition) is 5. The third kappa shape index (κ3) is 8.56. The lowest BCUT2D eigenvalue weighted by molar-refractivity contribution is -0.170. The van der Waals surface area contributed by atoms with Gasteiger partial charge < -0.3 is 20.4 Å². The predicted octanol–water partition coefficient (Wildman–Crippen LogP) is 3.27. The second-order valence-electron chi connectivity index (χ2n) is 9.20. The lowest BCUT2D eigenvalue weighted by Gasteiger charge is -2.23. The van der Waals surface area contributed by atoms with E-state index < -0.39 is 36.4 Å². The maximum Gasteiger partial charge on any atom is 0.336 e. The number of fused-ring (bicyclic) bond motifs is 1. The Labute approximate surface area is 233 Å². The topological polar surface area (TPSA) is 190 Å². The highest BCUT2D eigenvalue weighted by molar-refractivity contribution is 6.34. The highest BCUT2D eigenvalue weighted by Gasteiger charge is 2.40. The lowest BCUT2D eigenvalue weighted by atomic mass is 9.96. The molecule has 0 aliphatic rings. The molecule has 0 spiro atoms. The van der Waals surface area contributed by atoms with E-state index in [2.05, 4.69) is 56.3 Å². The van der Waals surface area contributed by atoms with E-state index >= 15 is 0 Å². The van der Waals surface area contributed by atoms with Crippen LogP contribution in [-0.2, 0) is 34.0 Å². The van der Waals surface area contributed by atoms with Crippen LogP contribution >= 0.6 is 11.6 Å². The number of H-pyrrole nitrogens is 1. The number of halogens is 1. The molecule has 1 aromatic carbocycles. The molecular formula is C27H28ClN5O7. The van der Waals surface area contributed by atoms with Crippen molar-refractivity contribution < 1.29 is 34.8 Å². The summed E-state index contributed by atoms with van der Waals surface area (Å²) in [5, 5.41) is 42.4. The summed E-state index contributed by atoms with van der Waals surface area (Å²) in [5.41, 5.74) is 2.94. The molecule has 0 aliphatic heterocycles. The second kappa shape index (κ2) is 13.6. The molecule has 5 N–H and O–H groups in total. The molecule has 0 amide bonds. The van der Waals surface area contributed by atoms with E-state index in [-0.39, 0.29) is 0 Å². The van der Waals surface area contributed by atoms with Gasteiger partial charge in [-0.05, 0) is 30.2 Å². The zero-order valence-corrected chi connectivity index (χ0v) is 22.2. The summed E-state index contributed by atoms with van der Waals surface area (Å²) in [5.74, 6) is -5.02. The van der Waals surface area contributed by atoms with Gasteiger partial charge in [-0.3, -0.25) is 29.6 Å². The summed E-state index contributed by atoms with van der Waals surface area (Å²) in [4.78, 5) is 41.3. The summed E-state index contributed by atoms with van der Waals surface area (Å²) in [6.07, 6.45) is 4.99. The van der Waals surface area contributed by atoms with Crippen molar-refractivity contribution in [3.05, 3.63) is 88.6 Å². The van der Waals surface area contributed by atoms with Crippen molar-refractivity contribution in [1.29, 1.82) is 0 Å². The van der Waals surface area contributed by atoms with Gasteiger partial charge in [0, 0.05) is 50.0 Å². The molecule has 4 aromatic rings. The van der Waals surface area contributed by atoms with Gasteiger partial charge in [0.25, 0.3) is 0 Å². The third-order valence-corrected chi connectivity index (χ3v) is 6.15. The van der Waals surface area contributed by atoms with Crippen molar-refractivity contribution in [3.8, 4) is 0 Å². The summed E-state index contributed by atoms with van der Waals surface area (Å²) >= 11 is 6.18. The van der Waals surface area contributed by atoms with E-state index in [0.29, 0.717) is 5.15 Å². The highest BCUT2D eigenvalue weighted by Crippen LogP contribution is 2.24. The number of pyridine rings is 2. The summed E-state index contributed by atoms with van der Waals surface area (Å²) in [7, 11) is 0. The average molecular weight is 570 g/mol. The summed E-state index contributed by atoms with van der Waals surface area (Å²) in [6, 6.07) is 12.8. The molecule has 0 bridgehead atoms. The molecule has 0 fully saturated rings. The molecule has 3 heterocycles. The van der Waals surface area contributed by atoms with Crippen LogP contribution in [0.15, 0.2) is 61.2 Å². The standard InChI is InChI=1S/C21H20ClN5.C6H8O7/c1-15-2-4-16(5-3-15)12-27(13-17-6-8-23-9-7-17)14-18-10-24-11-19-20(18)25-26-21(19)22;7-3(8)1-6(13,5(11)12)2-4(9)10/h2-11H,12-14H2,1H3,(H,25,26);13H,1-2H2,(H,7,8)(H,9,10)(H,11,12). The van der Waals surface area contributed by atoms with Gasteiger partial charge in [0.1, 0.15) is 10.7 Å².